The van der Waals surface area contributed by atoms with Gasteiger partial charge >= 0.3 is 0 Å². The Morgan fingerprint density at radius 1 is 0.500 bits per heavy atom. The Morgan fingerprint density at radius 3 is 1.27 bits per heavy atom. The third-order valence-corrected chi connectivity index (χ3v) is 7.67. The predicted molar refractivity (Wildman–Crippen MR) is 177 cm³/mol. The zero-order chi connectivity index (χ0) is 28.9. The molecule has 8 N–H and O–H groups in total. The van der Waals surface area contributed by atoms with Gasteiger partial charge in [-0.15, -0.1) is 0 Å². The highest BCUT2D eigenvalue weighted by Crippen LogP contribution is 2.12. The molecule has 0 amide bonds. The molecule has 0 bridgehead atoms. The smallest absolute Gasteiger partial charge is 0.00797 e. The zero-order valence-electron chi connectivity index (χ0n) is 26.6. The van der Waals surface area contributed by atoms with Crippen LogP contribution in [0.25, 0.3) is 0 Å². The normalized spacial score (nSPS) is 13.1. The largest absolute Gasteiger partial charge is 0.327 e. The van der Waals surface area contributed by atoms with Gasteiger partial charge in [0.2, 0.25) is 0 Å². The minimum absolute atomic E-state index is 0.220. The summed E-state index contributed by atoms with van der Waals surface area (Å²) in [7, 11) is 0. The molecule has 0 heterocycles. The molecule has 0 spiro atoms. The molecule has 0 saturated heterocycles. The van der Waals surface area contributed by atoms with Gasteiger partial charge in [0, 0.05) is 12.1 Å². The van der Waals surface area contributed by atoms with Crippen molar-refractivity contribution >= 4 is 0 Å². The molecule has 0 radical (unpaired) electrons. The van der Waals surface area contributed by atoms with E-state index in [2.05, 4.69) is 59.4 Å². The number of rotatable bonds is 30. The van der Waals surface area contributed by atoms with E-state index >= 15 is 0 Å². The fraction of sp³-hybridized carbons (Fsp3) is 0.824. The second kappa shape index (κ2) is 28.1. The highest BCUT2D eigenvalue weighted by atomic mass is 14.9. The van der Waals surface area contributed by atoms with Crippen molar-refractivity contribution in [3.05, 3.63) is 35.4 Å². The van der Waals surface area contributed by atoms with Crippen molar-refractivity contribution < 1.29 is 0 Å². The lowest BCUT2D eigenvalue weighted by atomic mass is 9.97. The maximum atomic E-state index is 6.47. The molecule has 234 valence electrons. The summed E-state index contributed by atoms with van der Waals surface area (Å²) in [6, 6.07) is 9.36. The maximum absolute atomic E-state index is 6.47. The van der Waals surface area contributed by atoms with E-state index in [4.69, 9.17) is 11.5 Å². The molecule has 0 aliphatic carbocycles. The van der Waals surface area contributed by atoms with Crippen LogP contribution in [0.3, 0.4) is 0 Å². The van der Waals surface area contributed by atoms with Crippen LogP contribution in [0.15, 0.2) is 24.3 Å². The molecule has 0 saturated carbocycles. The second-order valence-corrected chi connectivity index (χ2v) is 11.9. The van der Waals surface area contributed by atoms with Crippen LogP contribution < -0.4 is 32.7 Å². The van der Waals surface area contributed by atoms with Gasteiger partial charge in [-0.3, -0.25) is 0 Å². The molecule has 6 heteroatoms. The van der Waals surface area contributed by atoms with Crippen molar-refractivity contribution in [2.75, 3.05) is 52.4 Å². The van der Waals surface area contributed by atoms with E-state index in [-0.39, 0.29) is 12.1 Å². The summed E-state index contributed by atoms with van der Waals surface area (Å²) in [6.07, 6.45) is 19.4. The summed E-state index contributed by atoms with van der Waals surface area (Å²) in [5.74, 6) is 0. The van der Waals surface area contributed by atoms with Crippen LogP contribution in [0, 0.1) is 0 Å². The third-order valence-electron chi connectivity index (χ3n) is 7.67. The summed E-state index contributed by atoms with van der Waals surface area (Å²) < 4.78 is 0. The van der Waals surface area contributed by atoms with E-state index in [0.717, 1.165) is 90.9 Å². The van der Waals surface area contributed by atoms with Crippen LogP contribution in [0.2, 0.25) is 0 Å². The minimum Gasteiger partial charge on any atom is -0.327 e. The SMILES string of the molecule is CCCCCCNCCCNCCCC(N)Cc1cccc(CC(N)CCCNCCCNCCCCCC)c1. The maximum Gasteiger partial charge on any atom is 0.00797 e. The van der Waals surface area contributed by atoms with Gasteiger partial charge in [-0.2, -0.15) is 0 Å². The lowest BCUT2D eigenvalue weighted by Crippen LogP contribution is -2.27. The summed E-state index contributed by atoms with van der Waals surface area (Å²) in [6.45, 7) is 13.4. The Bertz CT molecular complexity index is 604. The van der Waals surface area contributed by atoms with E-state index in [0.29, 0.717) is 0 Å². The Labute approximate surface area is 249 Å². The molecule has 1 rings (SSSR count). The first kappa shape index (κ1) is 37.0. The van der Waals surface area contributed by atoms with Crippen LogP contribution in [-0.2, 0) is 12.8 Å². The van der Waals surface area contributed by atoms with Crippen molar-refractivity contribution in [3.8, 4) is 0 Å². The summed E-state index contributed by atoms with van der Waals surface area (Å²) in [4.78, 5) is 0. The van der Waals surface area contributed by atoms with Crippen LogP contribution in [-0.4, -0.2) is 64.4 Å². The van der Waals surface area contributed by atoms with Gasteiger partial charge in [0.25, 0.3) is 0 Å². The van der Waals surface area contributed by atoms with Gasteiger partial charge in [-0.1, -0.05) is 76.6 Å². The third kappa shape index (κ3) is 23.7. The van der Waals surface area contributed by atoms with E-state index in [1.807, 2.05) is 0 Å². The lowest BCUT2D eigenvalue weighted by molar-refractivity contribution is 0.528. The summed E-state index contributed by atoms with van der Waals surface area (Å²) in [5, 5.41) is 14.3. The molecule has 0 aliphatic heterocycles. The van der Waals surface area contributed by atoms with Crippen molar-refractivity contribution in [2.24, 2.45) is 11.5 Å². The fourth-order valence-electron chi connectivity index (χ4n) is 5.20. The van der Waals surface area contributed by atoms with E-state index in [1.165, 1.54) is 75.3 Å². The highest BCUT2D eigenvalue weighted by Gasteiger charge is 2.08. The van der Waals surface area contributed by atoms with Crippen molar-refractivity contribution in [3.63, 3.8) is 0 Å². The highest BCUT2D eigenvalue weighted by molar-refractivity contribution is 5.25. The molecule has 0 aliphatic rings. The molecule has 40 heavy (non-hydrogen) atoms. The summed E-state index contributed by atoms with van der Waals surface area (Å²) >= 11 is 0. The van der Waals surface area contributed by atoms with Gasteiger partial charge < -0.3 is 32.7 Å². The topological polar surface area (TPSA) is 100 Å². The van der Waals surface area contributed by atoms with Gasteiger partial charge in [-0.05, 0) is 128 Å². The lowest BCUT2D eigenvalue weighted by Gasteiger charge is -2.15. The van der Waals surface area contributed by atoms with Crippen LogP contribution >= 0.6 is 0 Å². The minimum atomic E-state index is 0.220. The van der Waals surface area contributed by atoms with Crippen LogP contribution in [0.1, 0.15) is 115 Å². The molecule has 2 unspecified atom stereocenters. The average Bonchev–Trinajstić information content (AvgIpc) is 2.94. The number of nitrogens with one attached hydrogen (secondary N) is 4. The van der Waals surface area contributed by atoms with E-state index in [1.54, 1.807) is 0 Å². The number of hydrogen-bond acceptors (Lipinski definition) is 6. The Balaban J connectivity index is 2.02. The molecule has 1 aromatic rings. The first-order valence-electron chi connectivity index (χ1n) is 17.1. The van der Waals surface area contributed by atoms with Crippen molar-refractivity contribution in [1.82, 2.24) is 21.3 Å². The fourth-order valence-corrected chi connectivity index (χ4v) is 5.20. The molecule has 6 nitrogen and oxygen atoms in total. The number of nitrogens with two attached hydrogens (primary N) is 2. The van der Waals surface area contributed by atoms with Gasteiger partial charge in [0.1, 0.15) is 0 Å². The molecular weight excluding hydrogens is 492 g/mol. The van der Waals surface area contributed by atoms with Crippen LogP contribution in [0.5, 0.6) is 0 Å². The number of unbranched alkanes of at least 4 members (excludes halogenated alkanes) is 6. The van der Waals surface area contributed by atoms with E-state index < -0.39 is 0 Å². The first-order valence-corrected chi connectivity index (χ1v) is 17.1. The molecule has 0 aromatic heterocycles. The first-order chi connectivity index (χ1) is 19.7. The van der Waals surface area contributed by atoms with Gasteiger partial charge in [0.05, 0.1) is 0 Å². The summed E-state index contributed by atoms with van der Waals surface area (Å²) in [5.41, 5.74) is 15.6. The number of benzene rings is 1. The molecule has 1 aromatic carbocycles. The quantitative estimate of drug-likeness (QED) is 0.0716. The Kier molecular flexibility index (Phi) is 26.0. The molecule has 0 fully saturated rings. The Hall–Kier alpha value is -1.02. The second-order valence-electron chi connectivity index (χ2n) is 11.9. The van der Waals surface area contributed by atoms with E-state index in [9.17, 15) is 0 Å². The van der Waals surface area contributed by atoms with Crippen LogP contribution in [0.4, 0.5) is 0 Å². The van der Waals surface area contributed by atoms with Crippen molar-refractivity contribution in [1.29, 1.82) is 0 Å². The van der Waals surface area contributed by atoms with Gasteiger partial charge in [-0.25, -0.2) is 0 Å². The van der Waals surface area contributed by atoms with Gasteiger partial charge in [0.15, 0.2) is 0 Å². The molecular formula is C34H68N6. The Morgan fingerprint density at radius 2 is 0.875 bits per heavy atom. The number of hydrogen-bond donors (Lipinski definition) is 6. The predicted octanol–water partition coefficient (Wildman–Crippen LogP) is 5.29. The zero-order valence-corrected chi connectivity index (χ0v) is 26.6. The van der Waals surface area contributed by atoms with Crippen molar-refractivity contribution in [2.45, 2.75) is 129 Å². The standard InChI is InChI=1S/C34H68N6/c1-3-5-7-9-20-37-24-14-26-39-22-12-18-33(35)29-31-16-11-17-32(28-31)30-34(36)19-13-23-40-27-15-25-38-21-10-8-6-4-2/h11,16-17,28,33-34,37-40H,3-10,12-15,18-27,29-30,35-36H2,1-2H3. The molecule has 2 atom stereocenters. The average molecular weight is 561 g/mol. The monoisotopic (exact) mass is 561 g/mol.